The lowest BCUT2D eigenvalue weighted by molar-refractivity contribution is -0.366. The molecule has 4 atom stereocenters. The van der Waals surface area contributed by atoms with Crippen molar-refractivity contribution in [3.8, 4) is 0 Å². The average molecular weight is 1630 g/mol. The van der Waals surface area contributed by atoms with E-state index in [4.69, 9.17) is 10.2 Å². The summed E-state index contributed by atoms with van der Waals surface area (Å²) in [6.07, 6.45) is 17.2. The molecule has 0 fully saturated rings. The zero-order valence-corrected chi connectivity index (χ0v) is 67.6. The van der Waals surface area contributed by atoms with Gasteiger partial charge in [0, 0.05) is 203 Å². The molecule has 12 heterocycles. The van der Waals surface area contributed by atoms with Crippen molar-refractivity contribution in [1.29, 1.82) is 0 Å². The Labute approximate surface area is 703 Å². The van der Waals surface area contributed by atoms with Crippen LogP contribution in [0.4, 0.5) is 0 Å². The van der Waals surface area contributed by atoms with Gasteiger partial charge in [-0.15, -0.1) is 0 Å². The Bertz CT molecular complexity index is 4860. The summed E-state index contributed by atoms with van der Waals surface area (Å²) in [7, 11) is 1.50. The second kappa shape index (κ2) is 48.6. The highest BCUT2D eigenvalue weighted by molar-refractivity contribution is 5.97. The third-order valence-corrected chi connectivity index (χ3v) is 19.1. The highest BCUT2D eigenvalue weighted by atomic mass is 16.4. The van der Waals surface area contributed by atoms with Crippen molar-refractivity contribution in [3.63, 3.8) is 0 Å². The van der Waals surface area contributed by atoms with E-state index < -0.39 is 36.2 Å². The number of aliphatic hydroxyl groups excluding tert-OH is 4. The molecule has 13 rings (SSSR count). The van der Waals surface area contributed by atoms with E-state index in [2.05, 4.69) is 97.3 Å². The molecule has 0 unspecified atom stereocenters. The van der Waals surface area contributed by atoms with Gasteiger partial charge in [0.25, 0.3) is 5.91 Å². The first kappa shape index (κ1) is 90.1. The maximum atomic E-state index is 12.8. The Balaban J connectivity index is 0.000000172. The van der Waals surface area contributed by atoms with Crippen LogP contribution in [0.25, 0.3) is 0 Å². The van der Waals surface area contributed by atoms with Crippen LogP contribution in [0.3, 0.4) is 0 Å². The number of benzene rings is 1. The van der Waals surface area contributed by atoms with Gasteiger partial charge >= 0.3 is 5.97 Å². The van der Waals surface area contributed by atoms with Gasteiger partial charge in [-0.2, -0.15) is 0 Å². The van der Waals surface area contributed by atoms with Gasteiger partial charge in [-0.3, -0.25) is 89.0 Å². The summed E-state index contributed by atoms with van der Waals surface area (Å²) in [6, 6.07) is 68.7. The Kier molecular flexibility index (Phi) is 36.2. The van der Waals surface area contributed by atoms with Crippen molar-refractivity contribution in [1.82, 2.24) is 84.3 Å². The molecule has 8 N–H and O–H groups in total. The third kappa shape index (κ3) is 31.2. The van der Waals surface area contributed by atoms with Crippen LogP contribution in [0, 0.1) is 5.92 Å². The molecule has 0 bridgehead atoms. The fraction of sp³-hybridized carbons (Fsp3) is 0.247. The minimum Gasteiger partial charge on any atom is -0.545 e. The summed E-state index contributed by atoms with van der Waals surface area (Å²) >= 11 is 0. The lowest BCUT2D eigenvalue weighted by atomic mass is 9.97. The van der Waals surface area contributed by atoms with Gasteiger partial charge in [-0.05, 0) is 157 Å². The smallest absolute Gasteiger partial charge is 0.337 e. The Morgan fingerprint density at radius 2 is 0.628 bits per heavy atom. The molecule has 622 valence electrons. The summed E-state index contributed by atoms with van der Waals surface area (Å²) in [5.41, 5.74) is 18.3. The standard InChI is InChI=1S/C28H29N5O.C27H35N5O5.2C19H18N4O2/c29-14-13-22-7-9-23(10-8-22)17-28(34)24-11-12-27(32-18-24)21-33(19-25-5-1-3-15-30-25)20-26-6-2-4-16-31-26;1-19(18-33)25(35)26(36)24(34)17-31(2)27(37)20-9-10-23(30-13-20)16-32(14-21-7-3-5-11-28-21)15-22-8-4-6-12-29-22;2*24-19(25)15-7-8-18(22-11-15)14-23(12-16-5-1-3-9-20-16)13-17-6-2-4-10-21-17/h1-12,15-16,18H,13-14,17,19-21,29H2;3-13,19,24-26,33-36H,14-18H2,1-2H3;2*1-11H,12-14H2,(H,24,25)/t;19-,24+,25-,26-;;/m.1../s1. The molecule has 1 aromatic carbocycles. The first-order valence-electron chi connectivity index (χ1n) is 39.5. The first-order chi connectivity index (χ1) is 58.9. The van der Waals surface area contributed by atoms with Gasteiger partial charge < -0.3 is 46.1 Å². The van der Waals surface area contributed by atoms with Crippen LogP contribution in [0.5, 0.6) is 0 Å². The summed E-state index contributed by atoms with van der Waals surface area (Å²) in [5.74, 6) is -3.12. The molecular formula is C93H100N18O10. The normalized spacial score (nSPS) is 12.0. The van der Waals surface area contributed by atoms with Crippen LogP contribution in [0.2, 0.25) is 0 Å². The van der Waals surface area contributed by atoms with Crippen molar-refractivity contribution in [2.24, 2.45) is 5.92 Å². The number of aromatic nitrogens is 12. The highest BCUT2D eigenvalue weighted by Gasteiger charge is 2.31. The number of carboxylic acid groups (broad SMARTS) is 2. The monoisotopic (exact) mass is 1630 g/mol. The number of likely N-dealkylation sites (N-methyl/N-ethyl adjacent to an activating group) is 1. The van der Waals surface area contributed by atoms with Crippen LogP contribution in [0.1, 0.15) is 128 Å². The molecule has 0 aliphatic carbocycles. The number of ketones is 1. The van der Waals surface area contributed by atoms with E-state index in [9.17, 15) is 39.6 Å². The van der Waals surface area contributed by atoms with Crippen LogP contribution < -0.4 is 10.8 Å². The molecule has 13 aromatic rings. The van der Waals surface area contributed by atoms with Crippen molar-refractivity contribution < 1.29 is 55.6 Å². The summed E-state index contributed by atoms with van der Waals surface area (Å²) in [4.78, 5) is 110. The van der Waals surface area contributed by atoms with Gasteiger partial charge in [0.2, 0.25) is 0 Å². The zero-order valence-electron chi connectivity index (χ0n) is 67.6. The summed E-state index contributed by atoms with van der Waals surface area (Å²) in [6.45, 7) is 9.33. The van der Waals surface area contributed by atoms with Crippen LogP contribution in [-0.2, 0) is 91.4 Å². The van der Waals surface area contributed by atoms with Crippen LogP contribution >= 0.6 is 0 Å². The number of pyridine rings is 12. The number of hydrogen-bond acceptors (Lipinski definition) is 25. The van der Waals surface area contributed by atoms with Gasteiger partial charge in [0.1, 0.15) is 6.10 Å². The molecule has 0 spiro atoms. The van der Waals surface area contributed by atoms with E-state index >= 15 is 0 Å². The molecule has 0 aliphatic rings. The largest absolute Gasteiger partial charge is 0.545 e. The van der Waals surface area contributed by atoms with Gasteiger partial charge in [-0.25, -0.2) is 4.79 Å². The summed E-state index contributed by atoms with van der Waals surface area (Å²) in [5, 5.41) is 59.4. The van der Waals surface area contributed by atoms with Crippen LogP contribution in [-0.4, -0.2) is 179 Å². The molecule has 0 saturated carbocycles. The number of carbonyl (C=O) groups is 4. The van der Waals surface area contributed by atoms with E-state index in [1.54, 1.807) is 80.6 Å². The number of aromatic carboxylic acids is 2. The molecule has 28 nitrogen and oxygen atoms in total. The summed E-state index contributed by atoms with van der Waals surface area (Å²) < 4.78 is 0. The Morgan fingerprint density at radius 3 is 0.876 bits per heavy atom. The number of Topliss-reactive ketones (excluding diaryl/α,β-unsaturated/α-hetero) is 1. The molecule has 12 aromatic heterocycles. The number of carboxylic acids is 2. The number of nitrogens with zero attached hydrogens (tertiary/aromatic N) is 17. The minimum atomic E-state index is -1.50. The highest BCUT2D eigenvalue weighted by Crippen LogP contribution is 2.20. The zero-order chi connectivity index (χ0) is 85.3. The number of carbonyl (C=O) groups excluding carboxylic acids is 3. The minimum absolute atomic E-state index is 0.0720. The Morgan fingerprint density at radius 1 is 0.355 bits per heavy atom. The van der Waals surface area contributed by atoms with Crippen molar-refractivity contribution in [3.05, 3.63) is 394 Å². The molecule has 121 heavy (non-hydrogen) atoms. The van der Waals surface area contributed by atoms with Crippen molar-refractivity contribution >= 4 is 23.6 Å². The van der Waals surface area contributed by atoms with Gasteiger partial charge in [0.15, 0.2) is 5.78 Å². The molecule has 1 amide bonds. The fourth-order valence-corrected chi connectivity index (χ4v) is 12.6. The Hall–Kier alpha value is -13.3. The number of amides is 1. The van der Waals surface area contributed by atoms with E-state index in [-0.39, 0.29) is 36.0 Å². The number of aliphatic hydroxyl groups is 4. The topological polar surface area (TPSA) is 391 Å². The van der Waals surface area contributed by atoms with E-state index in [1.165, 1.54) is 42.2 Å². The van der Waals surface area contributed by atoms with Crippen molar-refractivity contribution in [2.75, 3.05) is 26.7 Å². The number of hydrogen-bond donors (Lipinski definition) is 6. The molecular weight excluding hydrogens is 1530 g/mol. The third-order valence-electron chi connectivity index (χ3n) is 19.1. The first-order valence-corrected chi connectivity index (χ1v) is 39.5. The predicted octanol–water partition coefficient (Wildman–Crippen LogP) is 8.35. The second-order valence-electron chi connectivity index (χ2n) is 28.8. The number of rotatable bonds is 38. The quantitative estimate of drug-likeness (QED) is 0.0198. The molecule has 0 saturated heterocycles. The van der Waals surface area contributed by atoms with E-state index in [1.807, 2.05) is 182 Å². The molecule has 28 heteroatoms. The van der Waals surface area contributed by atoms with Crippen molar-refractivity contribution in [2.45, 2.75) is 117 Å². The van der Waals surface area contributed by atoms with Gasteiger partial charge in [0.05, 0.1) is 104 Å². The maximum absolute atomic E-state index is 12.8. The lowest BCUT2D eigenvalue weighted by Crippen LogP contribution is -2.51. The second-order valence-corrected chi connectivity index (χ2v) is 28.8. The van der Waals surface area contributed by atoms with E-state index in [0.29, 0.717) is 96.1 Å². The lowest BCUT2D eigenvalue weighted by Gasteiger charge is -2.29. The number of quaternary nitrogens is 1. The van der Waals surface area contributed by atoms with E-state index in [0.717, 1.165) is 86.9 Å². The fourth-order valence-electron chi connectivity index (χ4n) is 12.6. The van der Waals surface area contributed by atoms with Crippen LogP contribution in [0.15, 0.2) is 293 Å². The molecule has 0 radical (unpaired) electrons. The maximum Gasteiger partial charge on any atom is 0.337 e. The van der Waals surface area contributed by atoms with Gasteiger partial charge in [-0.1, -0.05) is 79.7 Å². The predicted molar refractivity (Wildman–Crippen MR) is 451 cm³/mol. The average Bonchev–Trinajstić information content (AvgIpc) is 0.848. The molecule has 0 aliphatic heterocycles. The SMILES string of the molecule is C[C@H](CO)[C@@H](O)[C@H](O)[C@@H](O)CN(C)C(=O)c1ccc(CN(Cc2ccccn2)Cc2ccccn2)nc1.O=C(O)c1ccc(CN(Cc2ccccn2)Cc2ccccn2)nc1.O=C([O-])c1ccc(CN(Cc2ccccn2)Cc2ccccn2)nc1.[NH3+]CCc1ccc(CC(=O)c2ccc(CN(Cc3ccccn3)Cc3ccccn3)nc2)cc1.